The molecular formula is C19H17N5O3. The van der Waals surface area contributed by atoms with Crippen LogP contribution in [-0.4, -0.2) is 44.3 Å². The molecule has 0 spiro atoms. The zero-order chi connectivity index (χ0) is 19.0. The molecule has 0 radical (unpaired) electrons. The summed E-state index contributed by atoms with van der Waals surface area (Å²) in [5.41, 5.74) is 2.29. The molecule has 0 saturated carbocycles. The van der Waals surface area contributed by atoms with Crippen LogP contribution in [0.1, 0.15) is 39.3 Å². The first kappa shape index (κ1) is 16.9. The van der Waals surface area contributed by atoms with Gasteiger partial charge in [-0.1, -0.05) is 12.1 Å². The fourth-order valence-electron chi connectivity index (χ4n) is 3.13. The molecule has 3 amide bonds. The monoisotopic (exact) mass is 363 g/mol. The standard InChI is InChI=1S/C19H17N5O3/c1-11-8-9-14-16(20-11)22-23-17(14)21-15(25)7-4-10-24-18(26)12-5-2-3-6-13(12)19(24)27/h2-3,5-6,8-9H,4,7,10H2,1H3,(H2,20,21,22,23,25). The van der Waals surface area contributed by atoms with E-state index in [9.17, 15) is 14.4 Å². The highest BCUT2D eigenvalue weighted by atomic mass is 16.2. The number of amides is 3. The number of imide groups is 1. The van der Waals surface area contributed by atoms with E-state index in [-0.39, 0.29) is 30.7 Å². The van der Waals surface area contributed by atoms with Crippen LogP contribution >= 0.6 is 0 Å². The first-order chi connectivity index (χ1) is 13.0. The van der Waals surface area contributed by atoms with Crippen molar-refractivity contribution in [1.29, 1.82) is 0 Å². The maximum atomic E-state index is 12.3. The van der Waals surface area contributed by atoms with Crippen molar-refractivity contribution in [3.05, 3.63) is 53.2 Å². The van der Waals surface area contributed by atoms with Crippen LogP contribution in [0.3, 0.4) is 0 Å². The third kappa shape index (κ3) is 3.05. The fourth-order valence-corrected chi connectivity index (χ4v) is 3.13. The quantitative estimate of drug-likeness (QED) is 0.676. The number of benzene rings is 1. The molecule has 27 heavy (non-hydrogen) atoms. The van der Waals surface area contributed by atoms with Gasteiger partial charge in [-0.25, -0.2) is 4.98 Å². The maximum absolute atomic E-state index is 12.3. The predicted molar refractivity (Wildman–Crippen MR) is 98.3 cm³/mol. The lowest BCUT2D eigenvalue weighted by molar-refractivity contribution is -0.116. The molecule has 2 N–H and O–H groups in total. The average Bonchev–Trinajstić information content (AvgIpc) is 3.15. The molecule has 8 heteroatoms. The molecular weight excluding hydrogens is 346 g/mol. The number of H-pyrrole nitrogens is 1. The summed E-state index contributed by atoms with van der Waals surface area (Å²) in [7, 11) is 0. The van der Waals surface area contributed by atoms with Crippen molar-refractivity contribution < 1.29 is 14.4 Å². The van der Waals surface area contributed by atoms with Gasteiger partial charge in [0.2, 0.25) is 5.91 Å². The molecule has 3 heterocycles. The Bertz CT molecular complexity index is 1040. The zero-order valence-corrected chi connectivity index (χ0v) is 14.7. The molecule has 1 aliphatic heterocycles. The summed E-state index contributed by atoms with van der Waals surface area (Å²) in [6, 6.07) is 10.4. The van der Waals surface area contributed by atoms with E-state index >= 15 is 0 Å². The van der Waals surface area contributed by atoms with Gasteiger partial charge in [0, 0.05) is 18.7 Å². The summed E-state index contributed by atoms with van der Waals surface area (Å²) in [6.45, 7) is 2.07. The number of hydrogen-bond acceptors (Lipinski definition) is 5. The van der Waals surface area contributed by atoms with Crippen LogP contribution in [-0.2, 0) is 4.79 Å². The predicted octanol–water partition coefficient (Wildman–Crippen LogP) is 2.28. The van der Waals surface area contributed by atoms with E-state index in [1.807, 2.05) is 19.1 Å². The second kappa shape index (κ2) is 6.64. The molecule has 136 valence electrons. The number of nitrogens with one attached hydrogen (secondary N) is 2. The Morgan fingerprint density at radius 1 is 1.11 bits per heavy atom. The summed E-state index contributed by atoms with van der Waals surface area (Å²) in [5, 5.41) is 10.3. The SMILES string of the molecule is Cc1ccc2c(NC(=O)CCCN3C(=O)c4ccccc4C3=O)n[nH]c2n1. The van der Waals surface area contributed by atoms with E-state index in [0.29, 0.717) is 29.0 Å². The van der Waals surface area contributed by atoms with Crippen molar-refractivity contribution in [2.24, 2.45) is 0 Å². The zero-order valence-electron chi connectivity index (χ0n) is 14.7. The molecule has 0 aliphatic carbocycles. The smallest absolute Gasteiger partial charge is 0.261 e. The number of carbonyl (C=O) groups excluding carboxylic acids is 3. The van der Waals surface area contributed by atoms with Crippen molar-refractivity contribution in [1.82, 2.24) is 20.1 Å². The highest BCUT2D eigenvalue weighted by Crippen LogP contribution is 2.23. The van der Waals surface area contributed by atoms with Gasteiger partial charge in [0.25, 0.3) is 11.8 Å². The van der Waals surface area contributed by atoms with Gasteiger partial charge in [0.05, 0.1) is 16.5 Å². The van der Waals surface area contributed by atoms with Crippen LogP contribution in [0.5, 0.6) is 0 Å². The number of anilines is 1. The second-order valence-corrected chi connectivity index (χ2v) is 6.38. The van der Waals surface area contributed by atoms with Gasteiger partial charge in [0.15, 0.2) is 11.5 Å². The Balaban J connectivity index is 1.35. The molecule has 3 aromatic rings. The molecule has 8 nitrogen and oxygen atoms in total. The minimum absolute atomic E-state index is 0.168. The van der Waals surface area contributed by atoms with Gasteiger partial charge < -0.3 is 5.32 Å². The summed E-state index contributed by atoms with van der Waals surface area (Å²) in [5.74, 6) is -0.435. The Hall–Kier alpha value is -3.55. The molecule has 0 atom stereocenters. The van der Waals surface area contributed by atoms with E-state index in [0.717, 1.165) is 11.1 Å². The molecule has 1 aromatic carbocycles. The summed E-state index contributed by atoms with van der Waals surface area (Å²) >= 11 is 0. The number of hydrogen-bond donors (Lipinski definition) is 2. The van der Waals surface area contributed by atoms with E-state index in [4.69, 9.17) is 0 Å². The molecule has 1 aliphatic rings. The number of carbonyl (C=O) groups is 3. The fraction of sp³-hybridized carbons (Fsp3) is 0.211. The molecule has 4 rings (SSSR count). The summed E-state index contributed by atoms with van der Waals surface area (Å²) in [6.07, 6.45) is 0.540. The van der Waals surface area contributed by atoms with Gasteiger partial charge in [-0.05, 0) is 37.6 Å². The van der Waals surface area contributed by atoms with Crippen molar-refractivity contribution in [2.45, 2.75) is 19.8 Å². The van der Waals surface area contributed by atoms with Crippen LogP contribution in [0.25, 0.3) is 11.0 Å². The van der Waals surface area contributed by atoms with Crippen molar-refractivity contribution in [3.8, 4) is 0 Å². The van der Waals surface area contributed by atoms with E-state index in [1.54, 1.807) is 24.3 Å². The first-order valence-corrected chi connectivity index (χ1v) is 8.61. The Kier molecular flexibility index (Phi) is 4.15. The van der Waals surface area contributed by atoms with E-state index < -0.39 is 0 Å². The van der Waals surface area contributed by atoms with Crippen molar-refractivity contribution >= 4 is 34.6 Å². The van der Waals surface area contributed by atoms with E-state index in [2.05, 4.69) is 20.5 Å². The van der Waals surface area contributed by atoms with Gasteiger partial charge in [-0.15, -0.1) is 0 Å². The van der Waals surface area contributed by atoms with Crippen molar-refractivity contribution in [2.75, 3.05) is 11.9 Å². The Morgan fingerprint density at radius 3 is 2.52 bits per heavy atom. The van der Waals surface area contributed by atoms with E-state index in [1.165, 1.54) is 4.90 Å². The largest absolute Gasteiger partial charge is 0.309 e. The third-order valence-electron chi connectivity index (χ3n) is 4.48. The van der Waals surface area contributed by atoms with Crippen LogP contribution < -0.4 is 5.32 Å². The van der Waals surface area contributed by atoms with Gasteiger partial charge in [-0.3, -0.25) is 24.4 Å². The van der Waals surface area contributed by atoms with Gasteiger partial charge in [0.1, 0.15) is 0 Å². The second-order valence-electron chi connectivity index (χ2n) is 6.38. The van der Waals surface area contributed by atoms with Crippen LogP contribution in [0.2, 0.25) is 0 Å². The van der Waals surface area contributed by atoms with Crippen molar-refractivity contribution in [3.63, 3.8) is 0 Å². The van der Waals surface area contributed by atoms with Crippen LogP contribution in [0.4, 0.5) is 5.82 Å². The average molecular weight is 363 g/mol. The lowest BCUT2D eigenvalue weighted by atomic mass is 10.1. The molecule has 0 bridgehead atoms. The summed E-state index contributed by atoms with van der Waals surface area (Å²) < 4.78 is 0. The van der Waals surface area contributed by atoms with Crippen LogP contribution in [0, 0.1) is 6.92 Å². The number of rotatable bonds is 5. The first-order valence-electron chi connectivity index (χ1n) is 8.61. The normalized spacial score (nSPS) is 13.3. The highest BCUT2D eigenvalue weighted by Gasteiger charge is 2.34. The van der Waals surface area contributed by atoms with Gasteiger partial charge >= 0.3 is 0 Å². The molecule has 0 saturated heterocycles. The lowest BCUT2D eigenvalue weighted by Crippen LogP contribution is -2.31. The summed E-state index contributed by atoms with van der Waals surface area (Å²) in [4.78, 5) is 42.3. The third-order valence-corrected chi connectivity index (χ3v) is 4.48. The number of nitrogens with zero attached hydrogens (tertiary/aromatic N) is 3. The number of fused-ring (bicyclic) bond motifs is 2. The number of aryl methyl sites for hydroxylation is 1. The maximum Gasteiger partial charge on any atom is 0.261 e. The minimum Gasteiger partial charge on any atom is -0.309 e. The lowest BCUT2D eigenvalue weighted by Gasteiger charge is -2.13. The highest BCUT2D eigenvalue weighted by molar-refractivity contribution is 6.21. The number of pyridine rings is 1. The number of aromatic amines is 1. The number of aromatic nitrogens is 3. The molecule has 0 unspecified atom stereocenters. The topological polar surface area (TPSA) is 108 Å². The minimum atomic E-state index is -0.309. The van der Waals surface area contributed by atoms with Gasteiger partial charge in [-0.2, -0.15) is 5.10 Å². The Morgan fingerprint density at radius 2 is 1.81 bits per heavy atom. The molecule has 2 aromatic heterocycles. The molecule has 0 fully saturated rings. The Labute approximate surface area is 154 Å². The van der Waals surface area contributed by atoms with Crippen LogP contribution in [0.15, 0.2) is 36.4 Å².